The number of rotatable bonds is 3. The van der Waals surface area contributed by atoms with E-state index in [1.54, 1.807) is 6.92 Å². The molecule has 2 aromatic heterocycles. The van der Waals surface area contributed by atoms with Crippen molar-refractivity contribution >= 4 is 15.8 Å². The summed E-state index contributed by atoms with van der Waals surface area (Å²) in [5.41, 5.74) is 8.12. The maximum absolute atomic E-state index is 12.8. The van der Waals surface area contributed by atoms with Crippen molar-refractivity contribution in [3.05, 3.63) is 23.2 Å². The molecule has 0 saturated carbocycles. The number of nitrogens with one attached hydrogen (secondary N) is 1. The zero-order valence-corrected chi connectivity index (χ0v) is 14.2. The van der Waals surface area contributed by atoms with Crippen LogP contribution in [0.1, 0.15) is 35.9 Å². The van der Waals surface area contributed by atoms with E-state index >= 15 is 0 Å². The summed E-state index contributed by atoms with van der Waals surface area (Å²) in [4.78, 5) is -0.00914. The molecule has 3 N–H and O–H groups in total. The number of nitrogens with zero attached hydrogens (tertiary/aromatic N) is 4. The fourth-order valence-electron chi connectivity index (χ4n) is 3.55. The highest BCUT2D eigenvalue weighted by Gasteiger charge is 2.35. The van der Waals surface area contributed by atoms with Gasteiger partial charge in [0.05, 0.1) is 17.9 Å². The molecule has 24 heavy (non-hydrogen) atoms. The number of nitrogen functional groups attached to an aromatic ring is 1. The number of aromatic nitrogens is 3. The average Bonchev–Trinajstić information content (AvgIpc) is 3.23. The lowest BCUT2D eigenvalue weighted by Crippen LogP contribution is -2.39. The van der Waals surface area contributed by atoms with Gasteiger partial charge in [0, 0.05) is 31.7 Å². The highest BCUT2D eigenvalue weighted by atomic mass is 32.2. The summed E-state index contributed by atoms with van der Waals surface area (Å²) in [5, 5.41) is 11.4. The third-order valence-corrected chi connectivity index (χ3v) is 6.85. The topological polar surface area (TPSA) is 119 Å². The molecule has 0 bridgehead atoms. The van der Waals surface area contributed by atoms with Crippen LogP contribution in [0.25, 0.3) is 0 Å². The van der Waals surface area contributed by atoms with Crippen molar-refractivity contribution in [1.29, 1.82) is 0 Å². The first-order valence-corrected chi connectivity index (χ1v) is 9.40. The van der Waals surface area contributed by atoms with Gasteiger partial charge in [-0.05, 0) is 19.8 Å². The SMILES string of the molecule is Cc1onc(N)c1S(=O)(=O)N1CCC(n2ncc3c2CNC3)CC1. The van der Waals surface area contributed by atoms with Crippen molar-refractivity contribution < 1.29 is 12.9 Å². The molecule has 1 saturated heterocycles. The average molecular weight is 352 g/mol. The highest BCUT2D eigenvalue weighted by Crippen LogP contribution is 2.31. The molecule has 0 spiro atoms. The Labute approximate surface area is 139 Å². The number of aryl methyl sites for hydroxylation is 1. The van der Waals surface area contributed by atoms with E-state index in [0.29, 0.717) is 13.1 Å². The van der Waals surface area contributed by atoms with Gasteiger partial charge in [-0.15, -0.1) is 0 Å². The Hall–Kier alpha value is -1.91. The molecule has 2 aromatic rings. The van der Waals surface area contributed by atoms with Crippen LogP contribution in [0.5, 0.6) is 0 Å². The number of sulfonamides is 1. The van der Waals surface area contributed by atoms with Gasteiger partial charge in [-0.1, -0.05) is 5.16 Å². The van der Waals surface area contributed by atoms with Gasteiger partial charge in [-0.25, -0.2) is 8.42 Å². The molecule has 9 nitrogen and oxygen atoms in total. The molecular weight excluding hydrogens is 332 g/mol. The zero-order chi connectivity index (χ0) is 16.9. The number of fused-ring (bicyclic) bond motifs is 1. The minimum Gasteiger partial charge on any atom is -0.380 e. The summed E-state index contributed by atoms with van der Waals surface area (Å²) in [6, 6.07) is 0.223. The van der Waals surface area contributed by atoms with Gasteiger partial charge in [-0.3, -0.25) is 4.68 Å². The van der Waals surface area contributed by atoms with E-state index in [0.717, 1.165) is 25.9 Å². The lowest BCUT2D eigenvalue weighted by Gasteiger charge is -2.31. The minimum atomic E-state index is -3.67. The van der Waals surface area contributed by atoms with Crippen LogP contribution in [0.15, 0.2) is 15.6 Å². The van der Waals surface area contributed by atoms with Gasteiger partial charge < -0.3 is 15.6 Å². The lowest BCUT2D eigenvalue weighted by atomic mass is 10.1. The first-order valence-electron chi connectivity index (χ1n) is 7.96. The summed E-state index contributed by atoms with van der Waals surface area (Å²) in [6.45, 7) is 4.10. The highest BCUT2D eigenvalue weighted by molar-refractivity contribution is 7.89. The van der Waals surface area contributed by atoms with Crippen LogP contribution in [0.3, 0.4) is 0 Å². The second-order valence-electron chi connectivity index (χ2n) is 6.25. The molecule has 2 aliphatic rings. The first-order chi connectivity index (χ1) is 11.5. The summed E-state index contributed by atoms with van der Waals surface area (Å²) >= 11 is 0. The molecule has 0 radical (unpaired) electrons. The Bertz CT molecular complexity index is 844. The Morgan fingerprint density at radius 2 is 2.08 bits per heavy atom. The normalized spacial score (nSPS) is 19.7. The van der Waals surface area contributed by atoms with E-state index in [-0.39, 0.29) is 22.5 Å². The molecule has 4 heterocycles. The van der Waals surface area contributed by atoms with E-state index in [4.69, 9.17) is 10.3 Å². The number of hydrogen-bond donors (Lipinski definition) is 2. The van der Waals surface area contributed by atoms with Crippen LogP contribution < -0.4 is 11.1 Å². The second kappa shape index (κ2) is 5.57. The fraction of sp³-hybridized carbons (Fsp3) is 0.571. The zero-order valence-electron chi connectivity index (χ0n) is 13.4. The monoisotopic (exact) mass is 352 g/mol. The quantitative estimate of drug-likeness (QED) is 0.820. The number of hydrogen-bond acceptors (Lipinski definition) is 7. The van der Waals surface area contributed by atoms with Crippen molar-refractivity contribution in [2.45, 2.75) is 43.8 Å². The molecule has 4 rings (SSSR count). The molecule has 2 aliphatic heterocycles. The van der Waals surface area contributed by atoms with Crippen LogP contribution in [-0.2, 0) is 23.1 Å². The van der Waals surface area contributed by atoms with Crippen molar-refractivity contribution in [3.8, 4) is 0 Å². The molecule has 0 aliphatic carbocycles. The Morgan fingerprint density at radius 1 is 1.33 bits per heavy atom. The predicted octanol–water partition coefficient (Wildman–Crippen LogP) is 0.391. The second-order valence-corrected chi connectivity index (χ2v) is 8.13. The van der Waals surface area contributed by atoms with Crippen molar-refractivity contribution in [2.24, 2.45) is 0 Å². The molecule has 0 amide bonds. The van der Waals surface area contributed by atoms with Crippen LogP contribution in [0.2, 0.25) is 0 Å². The summed E-state index contributed by atoms with van der Waals surface area (Å²) in [5.74, 6) is 0.149. The predicted molar refractivity (Wildman–Crippen MR) is 85.5 cm³/mol. The van der Waals surface area contributed by atoms with Gasteiger partial charge in [-0.2, -0.15) is 9.40 Å². The van der Waals surface area contributed by atoms with Crippen LogP contribution in [0, 0.1) is 6.92 Å². The fourth-order valence-corrected chi connectivity index (χ4v) is 5.20. The molecule has 0 unspecified atom stereocenters. The van der Waals surface area contributed by atoms with Crippen molar-refractivity contribution in [3.63, 3.8) is 0 Å². The van der Waals surface area contributed by atoms with Gasteiger partial charge in [0.25, 0.3) is 0 Å². The standard InChI is InChI=1S/C14H20N6O3S/c1-9-13(14(15)18-23-9)24(21,22)19-4-2-11(3-5-19)20-12-8-16-6-10(12)7-17-20/h7,11,16H,2-6,8H2,1H3,(H2,15,18). The molecular formula is C14H20N6O3S. The Kier molecular flexibility index (Phi) is 3.62. The number of nitrogens with two attached hydrogens (primary N) is 1. The molecule has 1 fully saturated rings. The number of piperidine rings is 1. The minimum absolute atomic E-state index is 0.00914. The molecule has 0 atom stereocenters. The molecule has 0 aromatic carbocycles. The van der Waals surface area contributed by atoms with E-state index < -0.39 is 10.0 Å². The van der Waals surface area contributed by atoms with Crippen molar-refractivity contribution in [1.82, 2.24) is 24.6 Å². The van der Waals surface area contributed by atoms with Gasteiger partial charge in [0.1, 0.15) is 0 Å². The summed E-state index contributed by atoms with van der Waals surface area (Å²) < 4.78 is 34.0. The van der Waals surface area contributed by atoms with E-state index in [1.807, 2.05) is 6.20 Å². The Balaban J connectivity index is 1.52. The van der Waals surface area contributed by atoms with Crippen LogP contribution >= 0.6 is 0 Å². The lowest BCUT2D eigenvalue weighted by molar-refractivity contribution is 0.257. The first kappa shape index (κ1) is 15.6. The van der Waals surface area contributed by atoms with E-state index in [2.05, 4.69) is 20.3 Å². The third kappa shape index (κ3) is 2.33. The van der Waals surface area contributed by atoms with Crippen LogP contribution in [-0.4, -0.2) is 40.7 Å². The van der Waals surface area contributed by atoms with Crippen LogP contribution in [0.4, 0.5) is 5.82 Å². The summed E-state index contributed by atoms with van der Waals surface area (Å²) in [7, 11) is -3.67. The molecule has 130 valence electrons. The maximum Gasteiger partial charge on any atom is 0.250 e. The third-order valence-electron chi connectivity index (χ3n) is 4.79. The number of anilines is 1. The van der Waals surface area contributed by atoms with Crippen molar-refractivity contribution in [2.75, 3.05) is 18.8 Å². The largest absolute Gasteiger partial charge is 0.380 e. The summed E-state index contributed by atoms with van der Waals surface area (Å²) in [6.07, 6.45) is 3.34. The van der Waals surface area contributed by atoms with Gasteiger partial charge in [0.15, 0.2) is 16.5 Å². The van der Waals surface area contributed by atoms with E-state index in [9.17, 15) is 8.42 Å². The van der Waals surface area contributed by atoms with Gasteiger partial charge in [0.2, 0.25) is 10.0 Å². The van der Waals surface area contributed by atoms with E-state index in [1.165, 1.54) is 15.6 Å². The maximum atomic E-state index is 12.8. The molecule has 10 heteroatoms. The Morgan fingerprint density at radius 3 is 2.75 bits per heavy atom. The van der Waals surface area contributed by atoms with Gasteiger partial charge >= 0.3 is 0 Å². The smallest absolute Gasteiger partial charge is 0.250 e.